The Balaban J connectivity index is 1.46. The molecule has 3 aliphatic heterocycles. The van der Waals surface area contributed by atoms with Crippen LogP contribution in [0.2, 0.25) is 0 Å². The van der Waals surface area contributed by atoms with Gasteiger partial charge >= 0.3 is 23.9 Å². The van der Waals surface area contributed by atoms with E-state index in [2.05, 4.69) is 6.58 Å². The van der Waals surface area contributed by atoms with E-state index >= 15 is 0 Å². The Hall–Kier alpha value is -3.02. The summed E-state index contributed by atoms with van der Waals surface area (Å²) in [5.41, 5.74) is -0.987. The second-order valence-electron chi connectivity index (χ2n) is 10.7. The van der Waals surface area contributed by atoms with Crippen molar-refractivity contribution in [3.8, 4) is 0 Å². The summed E-state index contributed by atoms with van der Waals surface area (Å²) in [6, 6.07) is 0. The summed E-state index contributed by atoms with van der Waals surface area (Å²) in [5, 5.41) is 9.55. The van der Waals surface area contributed by atoms with Crippen LogP contribution in [0.5, 0.6) is 0 Å². The lowest BCUT2D eigenvalue weighted by molar-refractivity contribution is -0.158. The molecule has 1 spiro atoms. The summed E-state index contributed by atoms with van der Waals surface area (Å²) in [6.45, 7) is 10.1. The molecule has 11 nitrogen and oxygen atoms in total. The number of aliphatic hydroxyl groups is 1. The number of ether oxygens (including phenoxy) is 6. The predicted octanol–water partition coefficient (Wildman–Crippen LogP) is 0.932. The minimum absolute atomic E-state index is 0.0787. The summed E-state index contributed by atoms with van der Waals surface area (Å²) < 4.78 is 34.6. The molecular formula is C27H32O11. The van der Waals surface area contributed by atoms with Gasteiger partial charge < -0.3 is 33.5 Å². The Kier molecular flexibility index (Phi) is 6.52. The highest BCUT2D eigenvalue weighted by Crippen LogP contribution is 2.68. The van der Waals surface area contributed by atoms with Gasteiger partial charge in [-0.2, -0.15) is 0 Å². The molecule has 206 valence electrons. The third-order valence-corrected chi connectivity index (χ3v) is 8.56. The van der Waals surface area contributed by atoms with Crippen LogP contribution in [0, 0.1) is 17.8 Å². The molecule has 9 unspecified atom stereocenters. The minimum atomic E-state index is -0.808. The highest BCUT2D eigenvalue weighted by Gasteiger charge is 2.82. The predicted molar refractivity (Wildman–Crippen MR) is 127 cm³/mol. The molecule has 0 aromatic carbocycles. The summed E-state index contributed by atoms with van der Waals surface area (Å²) >= 11 is 0. The van der Waals surface area contributed by atoms with Gasteiger partial charge in [-0.1, -0.05) is 12.7 Å². The molecule has 0 aromatic rings. The molecule has 11 heteroatoms. The number of hydrogen-bond donors (Lipinski definition) is 1. The molecule has 3 heterocycles. The molecule has 38 heavy (non-hydrogen) atoms. The molecule has 9 atom stereocenters. The Labute approximate surface area is 219 Å². The molecule has 5 fully saturated rings. The van der Waals surface area contributed by atoms with E-state index in [1.807, 2.05) is 6.92 Å². The van der Waals surface area contributed by atoms with Gasteiger partial charge in [-0.3, -0.25) is 4.79 Å². The smallest absolute Gasteiger partial charge is 0.336 e. The fraction of sp³-hybridized carbons (Fsp3) is 0.630. The van der Waals surface area contributed by atoms with Gasteiger partial charge in [0, 0.05) is 36.3 Å². The first-order chi connectivity index (χ1) is 18.0. The second kappa shape index (κ2) is 9.32. The van der Waals surface area contributed by atoms with Gasteiger partial charge in [0.1, 0.15) is 42.2 Å². The van der Waals surface area contributed by atoms with Crippen molar-refractivity contribution in [3.63, 3.8) is 0 Å². The summed E-state index contributed by atoms with van der Waals surface area (Å²) in [7, 11) is 0. The molecule has 0 radical (unpaired) electrons. The third kappa shape index (κ3) is 4.17. The molecule has 5 rings (SSSR count). The first-order valence-electron chi connectivity index (χ1n) is 12.7. The van der Waals surface area contributed by atoms with Crippen molar-refractivity contribution >= 4 is 23.9 Å². The lowest BCUT2D eigenvalue weighted by atomic mass is 9.76. The van der Waals surface area contributed by atoms with Crippen LogP contribution in [0.3, 0.4) is 0 Å². The normalized spacial score (nSPS) is 40.9. The van der Waals surface area contributed by atoms with E-state index in [4.69, 9.17) is 28.4 Å². The fourth-order valence-electron chi connectivity index (χ4n) is 6.47. The van der Waals surface area contributed by atoms with Crippen molar-refractivity contribution in [1.82, 2.24) is 0 Å². The van der Waals surface area contributed by atoms with Crippen LogP contribution in [0.1, 0.15) is 34.1 Å². The van der Waals surface area contributed by atoms with Gasteiger partial charge in [0.25, 0.3) is 0 Å². The molecular weight excluding hydrogens is 500 g/mol. The average Bonchev–Trinajstić information content (AvgIpc) is 3.74. The maximum Gasteiger partial charge on any atom is 0.336 e. The number of aliphatic hydroxyl groups excluding tert-OH is 1. The molecule has 0 aromatic heterocycles. The van der Waals surface area contributed by atoms with E-state index in [0.29, 0.717) is 6.61 Å². The van der Waals surface area contributed by atoms with Crippen molar-refractivity contribution < 1.29 is 52.7 Å². The lowest BCUT2D eigenvalue weighted by Crippen LogP contribution is -2.45. The molecule has 2 aliphatic carbocycles. The lowest BCUT2D eigenvalue weighted by Gasteiger charge is -2.34. The highest BCUT2D eigenvalue weighted by molar-refractivity contribution is 5.92. The van der Waals surface area contributed by atoms with Crippen molar-refractivity contribution in [3.05, 3.63) is 35.5 Å². The van der Waals surface area contributed by atoms with Crippen molar-refractivity contribution in [2.75, 3.05) is 19.8 Å². The Morgan fingerprint density at radius 2 is 1.89 bits per heavy atom. The standard InChI is InChI=1S/C27H32O11/c1-6-15(10-28)25(32)37-21-19-18(26(5)22(21)38-26)20-17(13(3)24(31)36-20)16(9-27(19)11-34-27)35-23(30)12(2)7-8-33-14(4)29/h6-7,16-22,28H,3,8-11H2,1-2,4-5H3. The molecule has 3 saturated heterocycles. The number of esters is 4. The molecule has 2 saturated carbocycles. The first-order valence-corrected chi connectivity index (χ1v) is 12.7. The van der Waals surface area contributed by atoms with Crippen molar-refractivity contribution in [2.24, 2.45) is 17.8 Å². The Bertz CT molecular complexity index is 1150. The zero-order chi connectivity index (χ0) is 27.6. The van der Waals surface area contributed by atoms with Gasteiger partial charge in [-0.25, -0.2) is 14.4 Å². The van der Waals surface area contributed by atoms with Crippen molar-refractivity contribution in [2.45, 2.75) is 69.7 Å². The SMILES string of the molecule is C=C1C(=O)OC2C1C(OC(=O)C(C)=CCOC(C)=O)CC1(CO1)C1C(OC(=O)C(=CC)CO)C3OC3(C)C21. The zero-order valence-corrected chi connectivity index (χ0v) is 21.8. The highest BCUT2D eigenvalue weighted by atomic mass is 16.7. The molecule has 5 aliphatic rings. The van der Waals surface area contributed by atoms with E-state index in [1.54, 1.807) is 13.8 Å². The number of rotatable bonds is 7. The fourth-order valence-corrected chi connectivity index (χ4v) is 6.47. The number of hydrogen-bond acceptors (Lipinski definition) is 11. The van der Waals surface area contributed by atoms with Gasteiger partial charge in [0.05, 0.1) is 24.7 Å². The van der Waals surface area contributed by atoms with E-state index in [9.17, 15) is 24.3 Å². The zero-order valence-electron chi connectivity index (χ0n) is 21.8. The van der Waals surface area contributed by atoms with Crippen LogP contribution in [-0.2, 0) is 47.6 Å². The van der Waals surface area contributed by atoms with Crippen LogP contribution >= 0.6 is 0 Å². The van der Waals surface area contributed by atoms with Crippen LogP contribution in [-0.4, -0.2) is 84.4 Å². The molecule has 1 N–H and O–H groups in total. The van der Waals surface area contributed by atoms with Gasteiger partial charge in [-0.15, -0.1) is 0 Å². The van der Waals surface area contributed by atoms with Gasteiger partial charge in [0.2, 0.25) is 0 Å². The van der Waals surface area contributed by atoms with Crippen molar-refractivity contribution in [1.29, 1.82) is 0 Å². The van der Waals surface area contributed by atoms with E-state index in [0.717, 1.165) is 0 Å². The molecule has 0 amide bonds. The van der Waals surface area contributed by atoms with Crippen LogP contribution < -0.4 is 0 Å². The number of carbonyl (C=O) groups excluding carboxylic acids is 4. The van der Waals surface area contributed by atoms with Crippen LogP contribution in [0.4, 0.5) is 0 Å². The number of allylic oxidation sites excluding steroid dienone is 1. The number of carbonyl (C=O) groups is 4. The van der Waals surface area contributed by atoms with Crippen LogP contribution in [0.15, 0.2) is 35.5 Å². The monoisotopic (exact) mass is 532 g/mol. The largest absolute Gasteiger partial charge is 0.462 e. The minimum Gasteiger partial charge on any atom is -0.462 e. The summed E-state index contributed by atoms with van der Waals surface area (Å²) in [6.07, 6.45) is 0.486. The number of epoxide rings is 2. The summed E-state index contributed by atoms with van der Waals surface area (Å²) in [4.78, 5) is 49.6. The number of fused-ring (bicyclic) bond motifs is 6. The topological polar surface area (TPSA) is 150 Å². The quantitative estimate of drug-likeness (QED) is 0.216. The maximum atomic E-state index is 13.0. The van der Waals surface area contributed by atoms with E-state index < -0.39 is 83.9 Å². The van der Waals surface area contributed by atoms with E-state index in [1.165, 1.54) is 19.1 Å². The van der Waals surface area contributed by atoms with Crippen LogP contribution in [0.25, 0.3) is 0 Å². The molecule has 0 bridgehead atoms. The average molecular weight is 533 g/mol. The second-order valence-corrected chi connectivity index (χ2v) is 10.7. The first kappa shape index (κ1) is 26.6. The van der Waals surface area contributed by atoms with Gasteiger partial charge in [0.15, 0.2) is 0 Å². The van der Waals surface area contributed by atoms with Gasteiger partial charge in [-0.05, 0) is 26.8 Å². The summed E-state index contributed by atoms with van der Waals surface area (Å²) in [5.74, 6) is -3.80. The van der Waals surface area contributed by atoms with E-state index in [-0.39, 0.29) is 29.7 Å². The third-order valence-electron chi connectivity index (χ3n) is 8.56. The Morgan fingerprint density at radius 1 is 1.18 bits per heavy atom. The Morgan fingerprint density at radius 3 is 2.50 bits per heavy atom. The maximum absolute atomic E-state index is 13.0.